The fourth-order valence-electron chi connectivity index (χ4n) is 2.58. The van der Waals surface area contributed by atoms with E-state index in [4.69, 9.17) is 9.47 Å². The predicted octanol–water partition coefficient (Wildman–Crippen LogP) is 2.74. The van der Waals surface area contributed by atoms with E-state index in [2.05, 4.69) is 4.72 Å². The zero-order valence-electron chi connectivity index (χ0n) is 15.5. The fraction of sp³-hybridized carbons (Fsp3) is 0.222. The minimum atomic E-state index is -3.87. The number of carbonyl (C=O) groups excluding carboxylic acids is 2. The molecular weight excluding hydrogens is 420 g/mol. The summed E-state index contributed by atoms with van der Waals surface area (Å²) in [5.74, 6) is -1.21. The van der Waals surface area contributed by atoms with Crippen LogP contribution < -0.4 is 14.2 Å². The van der Waals surface area contributed by atoms with Crippen LogP contribution in [0.5, 0.6) is 17.2 Å². The van der Waals surface area contributed by atoms with Crippen LogP contribution >= 0.6 is 11.3 Å². The Bertz CT molecular complexity index is 1080. The first-order valence-corrected chi connectivity index (χ1v) is 10.8. The number of imide groups is 1. The minimum absolute atomic E-state index is 0.0350. The average molecular weight is 438 g/mol. The molecule has 0 atom stereocenters. The Balaban J connectivity index is 2.02. The van der Waals surface area contributed by atoms with Gasteiger partial charge in [-0.2, -0.15) is 0 Å². The lowest BCUT2D eigenvalue weighted by Crippen LogP contribution is -2.29. The number of fused-ring (bicyclic) bond motifs is 1. The Hall–Kier alpha value is -3.05. The van der Waals surface area contributed by atoms with Gasteiger partial charge in [0.05, 0.1) is 5.69 Å². The molecule has 2 aromatic rings. The van der Waals surface area contributed by atoms with Crippen molar-refractivity contribution in [3.63, 3.8) is 0 Å². The first-order valence-electron chi connectivity index (χ1n) is 8.47. The third-order valence-electron chi connectivity index (χ3n) is 3.96. The summed E-state index contributed by atoms with van der Waals surface area (Å²) >= 11 is 1.05. The molecule has 2 N–H and O–H groups in total. The highest BCUT2D eigenvalue weighted by molar-refractivity contribution is 7.94. The molecule has 1 aromatic carbocycles. The smallest absolute Gasteiger partial charge is 0.271 e. The molecule has 9 nitrogen and oxygen atoms in total. The van der Waals surface area contributed by atoms with Crippen LogP contribution in [0.15, 0.2) is 34.0 Å². The summed E-state index contributed by atoms with van der Waals surface area (Å²) in [6, 6.07) is 4.39. The zero-order chi connectivity index (χ0) is 21.2. The van der Waals surface area contributed by atoms with Gasteiger partial charge in [0.25, 0.3) is 10.0 Å². The van der Waals surface area contributed by atoms with Gasteiger partial charge in [-0.15, -0.1) is 11.3 Å². The molecule has 0 unspecified atom stereocenters. The summed E-state index contributed by atoms with van der Waals surface area (Å²) in [5, 5.41) is 12.1. The first-order chi connectivity index (χ1) is 13.7. The number of hydrogen-bond donors (Lipinski definition) is 2. The minimum Gasteiger partial charge on any atom is -0.504 e. The number of nitrogens with one attached hydrogen (secondary N) is 1. The zero-order valence-corrected chi connectivity index (χ0v) is 17.2. The number of amides is 2. The molecule has 2 amide bonds. The number of carbonyl (C=O) groups is 2. The van der Waals surface area contributed by atoms with Crippen molar-refractivity contribution in [3.8, 4) is 17.2 Å². The van der Waals surface area contributed by atoms with Crippen LogP contribution in [0.25, 0.3) is 6.08 Å². The van der Waals surface area contributed by atoms with E-state index in [9.17, 15) is 23.1 Å². The molecule has 2 heterocycles. The second kappa shape index (κ2) is 8.13. The number of benzene rings is 1. The van der Waals surface area contributed by atoms with Crippen molar-refractivity contribution in [1.82, 2.24) is 4.90 Å². The quantitative estimate of drug-likeness (QED) is 0.665. The summed E-state index contributed by atoms with van der Waals surface area (Å²) in [4.78, 5) is 24.5. The van der Waals surface area contributed by atoms with Gasteiger partial charge in [0.2, 0.25) is 24.4 Å². The van der Waals surface area contributed by atoms with Crippen LogP contribution in [0.3, 0.4) is 0 Å². The number of phenols is 1. The summed E-state index contributed by atoms with van der Waals surface area (Å²) in [5.41, 5.74) is 0.188. The highest BCUT2D eigenvalue weighted by Crippen LogP contribution is 2.48. The number of phenolic OH excluding ortho intramolecular Hbond substituents is 1. The Labute approximate surface area is 171 Å². The molecule has 0 saturated carbocycles. The molecule has 0 fully saturated rings. The predicted molar refractivity (Wildman–Crippen MR) is 106 cm³/mol. The van der Waals surface area contributed by atoms with E-state index in [0.717, 1.165) is 16.2 Å². The molecule has 11 heteroatoms. The van der Waals surface area contributed by atoms with Gasteiger partial charge < -0.3 is 14.6 Å². The van der Waals surface area contributed by atoms with Crippen LogP contribution in [0.4, 0.5) is 5.69 Å². The van der Waals surface area contributed by atoms with Crippen LogP contribution in [-0.4, -0.2) is 37.0 Å². The van der Waals surface area contributed by atoms with Gasteiger partial charge in [0.1, 0.15) is 4.21 Å². The molecule has 0 bridgehead atoms. The molecular formula is C18H18N2O7S2. The Morgan fingerprint density at radius 1 is 1.34 bits per heavy atom. The van der Waals surface area contributed by atoms with Gasteiger partial charge >= 0.3 is 0 Å². The van der Waals surface area contributed by atoms with Crippen LogP contribution in [0, 0.1) is 0 Å². The third-order valence-corrected chi connectivity index (χ3v) is 6.73. The van der Waals surface area contributed by atoms with E-state index in [0.29, 0.717) is 0 Å². The van der Waals surface area contributed by atoms with Crippen LogP contribution in [-0.2, 0) is 19.6 Å². The largest absolute Gasteiger partial charge is 0.504 e. The molecule has 3 rings (SSSR count). The number of aromatic hydroxyl groups is 1. The number of anilines is 1. The summed E-state index contributed by atoms with van der Waals surface area (Å²) < 4.78 is 38.2. The molecule has 0 saturated heterocycles. The summed E-state index contributed by atoms with van der Waals surface area (Å²) in [7, 11) is -3.87. The standard InChI is InChI=1S/C18H18N2O7S2/c1-3-14(22)20(11(2)21)7-6-12-9-13(17-18(16(12)23)27-10-26-17)19-29(24,25)15-5-4-8-28-15/h4-9,19,23H,3,10H2,1-2H3/b7-6+. The highest BCUT2D eigenvalue weighted by Gasteiger charge is 2.28. The SMILES string of the molecule is CCC(=O)N(/C=C/c1cc(NS(=O)(=O)c2cccs2)c2c(c1O)OCO2)C(C)=O. The number of hydrogen-bond acceptors (Lipinski definition) is 8. The summed E-state index contributed by atoms with van der Waals surface area (Å²) in [6.45, 7) is 2.65. The number of ether oxygens (including phenoxy) is 2. The van der Waals surface area contributed by atoms with Gasteiger partial charge in [-0.25, -0.2) is 8.42 Å². The average Bonchev–Trinajstić information content (AvgIpc) is 3.36. The lowest BCUT2D eigenvalue weighted by molar-refractivity contribution is -0.139. The Morgan fingerprint density at radius 2 is 2.07 bits per heavy atom. The molecule has 1 aliphatic rings. The van der Waals surface area contributed by atoms with Crippen LogP contribution in [0.2, 0.25) is 0 Å². The number of sulfonamides is 1. The second-order valence-corrected chi connectivity index (χ2v) is 8.77. The van der Waals surface area contributed by atoms with E-state index < -0.39 is 21.8 Å². The number of nitrogens with zero attached hydrogens (tertiary/aromatic N) is 1. The maximum Gasteiger partial charge on any atom is 0.271 e. The van der Waals surface area contributed by atoms with Crippen molar-refractivity contribution in [2.24, 2.45) is 0 Å². The maximum atomic E-state index is 12.6. The van der Waals surface area contributed by atoms with Crippen molar-refractivity contribution < 1.29 is 32.6 Å². The molecule has 1 aromatic heterocycles. The van der Waals surface area contributed by atoms with Crippen molar-refractivity contribution in [3.05, 3.63) is 35.3 Å². The van der Waals surface area contributed by atoms with E-state index in [1.807, 2.05) is 0 Å². The second-order valence-electron chi connectivity index (χ2n) is 5.92. The van der Waals surface area contributed by atoms with E-state index in [1.165, 1.54) is 31.3 Å². The lowest BCUT2D eigenvalue weighted by Gasteiger charge is -2.14. The lowest BCUT2D eigenvalue weighted by atomic mass is 10.1. The molecule has 154 valence electrons. The first kappa shape index (κ1) is 20.7. The highest BCUT2D eigenvalue weighted by atomic mass is 32.2. The van der Waals surface area contributed by atoms with Crippen molar-refractivity contribution in [2.45, 2.75) is 24.5 Å². The monoisotopic (exact) mass is 438 g/mol. The van der Waals surface area contributed by atoms with E-state index >= 15 is 0 Å². The molecule has 29 heavy (non-hydrogen) atoms. The molecule has 0 radical (unpaired) electrons. The topological polar surface area (TPSA) is 122 Å². The van der Waals surface area contributed by atoms with Crippen molar-refractivity contribution in [1.29, 1.82) is 0 Å². The van der Waals surface area contributed by atoms with Gasteiger partial charge in [0.15, 0.2) is 11.5 Å². The number of rotatable bonds is 6. The third kappa shape index (κ3) is 4.20. The van der Waals surface area contributed by atoms with Crippen LogP contribution in [0.1, 0.15) is 25.8 Å². The molecule has 0 spiro atoms. The van der Waals surface area contributed by atoms with Gasteiger partial charge in [-0.3, -0.25) is 19.2 Å². The molecule has 1 aliphatic heterocycles. The number of thiophene rings is 1. The van der Waals surface area contributed by atoms with E-state index in [1.54, 1.807) is 18.4 Å². The maximum absolute atomic E-state index is 12.6. The fourth-order valence-corrected chi connectivity index (χ4v) is 4.62. The van der Waals surface area contributed by atoms with Gasteiger partial charge in [0, 0.05) is 25.1 Å². The van der Waals surface area contributed by atoms with Crippen molar-refractivity contribution in [2.75, 3.05) is 11.5 Å². The Kier molecular flexibility index (Phi) is 5.80. The Morgan fingerprint density at radius 3 is 2.69 bits per heavy atom. The van der Waals surface area contributed by atoms with Gasteiger partial charge in [-0.05, 0) is 23.6 Å². The normalized spacial score (nSPS) is 12.9. The van der Waals surface area contributed by atoms with E-state index in [-0.39, 0.29) is 45.9 Å². The molecule has 0 aliphatic carbocycles. The van der Waals surface area contributed by atoms with Gasteiger partial charge in [-0.1, -0.05) is 13.0 Å². The van der Waals surface area contributed by atoms with Crippen molar-refractivity contribution >= 4 is 44.9 Å². The summed E-state index contributed by atoms with van der Waals surface area (Å²) in [6.07, 6.45) is 2.64.